The molecule has 0 aromatic heterocycles. The lowest BCUT2D eigenvalue weighted by Crippen LogP contribution is -2.55. The third-order valence-corrected chi connectivity index (χ3v) is 5.48. The molecular formula is C18H17BrN2O3. The van der Waals surface area contributed by atoms with Crippen molar-refractivity contribution < 1.29 is 14.3 Å². The quantitative estimate of drug-likeness (QED) is 0.803. The topological polar surface area (TPSA) is 58.6 Å². The summed E-state index contributed by atoms with van der Waals surface area (Å²) in [5, 5.41) is 4.86. The Bertz CT molecular complexity index is 823. The van der Waals surface area contributed by atoms with Crippen LogP contribution in [-0.4, -0.2) is 48.6 Å². The van der Waals surface area contributed by atoms with Crippen molar-refractivity contribution in [3.05, 3.63) is 45.9 Å². The van der Waals surface area contributed by atoms with Gasteiger partial charge in [0.25, 0.3) is 11.8 Å². The zero-order chi connectivity index (χ0) is 16.8. The number of morpholine rings is 1. The Kier molecular flexibility index (Phi) is 3.90. The largest absolute Gasteiger partial charge is 0.373 e. The molecule has 2 aromatic carbocycles. The second-order valence-corrected chi connectivity index (χ2v) is 7.01. The van der Waals surface area contributed by atoms with Crippen molar-refractivity contribution in [2.24, 2.45) is 0 Å². The van der Waals surface area contributed by atoms with Crippen LogP contribution < -0.4 is 5.32 Å². The van der Waals surface area contributed by atoms with Gasteiger partial charge in [-0.25, -0.2) is 0 Å². The van der Waals surface area contributed by atoms with Gasteiger partial charge in [-0.1, -0.05) is 28.1 Å². The van der Waals surface area contributed by atoms with Crippen LogP contribution in [0.25, 0.3) is 10.8 Å². The minimum absolute atomic E-state index is 0.192. The van der Waals surface area contributed by atoms with Gasteiger partial charge in [0, 0.05) is 34.1 Å². The molecule has 2 aliphatic rings. The van der Waals surface area contributed by atoms with Gasteiger partial charge in [-0.15, -0.1) is 0 Å². The number of nitrogens with one attached hydrogen (secondary N) is 1. The van der Waals surface area contributed by atoms with E-state index in [9.17, 15) is 9.59 Å². The van der Waals surface area contributed by atoms with E-state index in [2.05, 4.69) is 21.2 Å². The first-order valence-electron chi connectivity index (χ1n) is 8.01. The number of ether oxygens (including phenoxy) is 1. The summed E-state index contributed by atoms with van der Waals surface area (Å²) in [7, 11) is 0. The van der Waals surface area contributed by atoms with Gasteiger partial charge in [-0.2, -0.15) is 0 Å². The third kappa shape index (κ3) is 2.29. The van der Waals surface area contributed by atoms with E-state index >= 15 is 0 Å². The van der Waals surface area contributed by atoms with Crippen molar-refractivity contribution in [1.29, 1.82) is 0 Å². The Morgan fingerprint density at radius 2 is 1.96 bits per heavy atom. The van der Waals surface area contributed by atoms with Gasteiger partial charge in [0.2, 0.25) is 0 Å². The number of carbonyl (C=O) groups is 2. The summed E-state index contributed by atoms with van der Waals surface area (Å²) in [5.41, 5.74) is 1.14. The molecule has 2 unspecified atom stereocenters. The minimum atomic E-state index is -0.329. The van der Waals surface area contributed by atoms with Crippen LogP contribution in [0.2, 0.25) is 0 Å². The zero-order valence-electron chi connectivity index (χ0n) is 13.2. The normalized spacial score (nSPS) is 22.1. The van der Waals surface area contributed by atoms with Gasteiger partial charge in [0.1, 0.15) is 0 Å². The monoisotopic (exact) mass is 388 g/mol. The second-order valence-electron chi connectivity index (χ2n) is 6.16. The molecule has 0 radical (unpaired) electrons. The molecule has 1 N–H and O–H groups in total. The van der Waals surface area contributed by atoms with Gasteiger partial charge in [0.15, 0.2) is 0 Å². The molecule has 6 heteroatoms. The van der Waals surface area contributed by atoms with Gasteiger partial charge >= 0.3 is 0 Å². The number of rotatable bonds is 2. The van der Waals surface area contributed by atoms with Crippen LogP contribution in [0.15, 0.2) is 34.8 Å². The molecule has 4 rings (SSSR count). The molecule has 0 saturated carbocycles. The summed E-state index contributed by atoms with van der Waals surface area (Å²) in [6.07, 6.45) is -0.192. The lowest BCUT2D eigenvalue weighted by molar-refractivity contribution is -0.0178. The molecule has 0 spiro atoms. The number of hydrogen-bond donors (Lipinski definition) is 1. The highest BCUT2D eigenvalue weighted by atomic mass is 79.9. The number of hydrogen-bond acceptors (Lipinski definition) is 4. The molecule has 2 heterocycles. The van der Waals surface area contributed by atoms with Crippen molar-refractivity contribution in [2.75, 3.05) is 19.7 Å². The lowest BCUT2D eigenvalue weighted by Gasteiger charge is -2.37. The maximum atomic E-state index is 13.0. The predicted octanol–water partition coefficient (Wildman–Crippen LogP) is 2.58. The fourth-order valence-electron chi connectivity index (χ4n) is 3.51. The highest BCUT2D eigenvalue weighted by molar-refractivity contribution is 9.10. The Morgan fingerprint density at radius 1 is 1.21 bits per heavy atom. The first-order chi connectivity index (χ1) is 11.6. The van der Waals surface area contributed by atoms with Gasteiger partial charge < -0.3 is 10.1 Å². The number of carbonyl (C=O) groups excluding carboxylic acids is 2. The molecule has 2 amide bonds. The Labute approximate surface area is 148 Å². The molecule has 2 atom stereocenters. The van der Waals surface area contributed by atoms with Crippen LogP contribution in [0.3, 0.4) is 0 Å². The van der Waals surface area contributed by atoms with Crippen LogP contribution in [0.4, 0.5) is 0 Å². The SMILES string of the molecule is CC(C1CNCCO1)N1C(=O)c2cccc3c(Br)ccc(c23)C1=O. The summed E-state index contributed by atoms with van der Waals surface area (Å²) in [4.78, 5) is 27.4. The average molecular weight is 389 g/mol. The highest BCUT2D eigenvalue weighted by Gasteiger charge is 2.39. The lowest BCUT2D eigenvalue weighted by atomic mass is 9.92. The van der Waals surface area contributed by atoms with E-state index in [0.29, 0.717) is 24.3 Å². The number of imide groups is 1. The number of halogens is 1. The molecule has 2 aromatic rings. The van der Waals surface area contributed by atoms with E-state index in [-0.39, 0.29) is 24.0 Å². The maximum Gasteiger partial charge on any atom is 0.261 e. The molecule has 1 fully saturated rings. The van der Waals surface area contributed by atoms with Crippen LogP contribution in [-0.2, 0) is 4.74 Å². The molecule has 2 aliphatic heterocycles. The Balaban J connectivity index is 1.82. The molecule has 5 nitrogen and oxygen atoms in total. The number of amides is 2. The van der Waals surface area contributed by atoms with E-state index in [0.717, 1.165) is 21.8 Å². The highest BCUT2D eigenvalue weighted by Crippen LogP contribution is 2.35. The number of benzene rings is 2. The van der Waals surface area contributed by atoms with E-state index in [1.807, 2.05) is 25.1 Å². The molecule has 0 bridgehead atoms. The molecule has 124 valence electrons. The van der Waals surface area contributed by atoms with Crippen LogP contribution >= 0.6 is 15.9 Å². The van der Waals surface area contributed by atoms with Gasteiger partial charge in [0.05, 0.1) is 18.8 Å². The van der Waals surface area contributed by atoms with Crippen LogP contribution in [0.5, 0.6) is 0 Å². The predicted molar refractivity (Wildman–Crippen MR) is 94.2 cm³/mol. The summed E-state index contributed by atoms with van der Waals surface area (Å²) in [6, 6.07) is 8.86. The van der Waals surface area contributed by atoms with Gasteiger partial charge in [-0.3, -0.25) is 14.5 Å². The smallest absolute Gasteiger partial charge is 0.261 e. The van der Waals surface area contributed by atoms with Crippen molar-refractivity contribution in [3.63, 3.8) is 0 Å². The fourth-order valence-corrected chi connectivity index (χ4v) is 3.97. The van der Waals surface area contributed by atoms with Crippen molar-refractivity contribution in [3.8, 4) is 0 Å². The number of nitrogens with zero attached hydrogens (tertiary/aromatic N) is 1. The third-order valence-electron chi connectivity index (χ3n) is 4.79. The summed E-state index contributed by atoms with van der Waals surface area (Å²) in [6.45, 7) is 3.89. The summed E-state index contributed by atoms with van der Waals surface area (Å²) < 4.78 is 6.63. The van der Waals surface area contributed by atoms with E-state index < -0.39 is 0 Å². The van der Waals surface area contributed by atoms with E-state index in [1.54, 1.807) is 12.1 Å². The van der Waals surface area contributed by atoms with Crippen LogP contribution in [0.1, 0.15) is 27.6 Å². The van der Waals surface area contributed by atoms with Gasteiger partial charge in [-0.05, 0) is 30.5 Å². The first-order valence-corrected chi connectivity index (χ1v) is 8.80. The molecule has 0 aliphatic carbocycles. The summed E-state index contributed by atoms with van der Waals surface area (Å²) in [5.74, 6) is -0.504. The standard InChI is InChI=1S/C18H17BrN2O3/c1-10(15-9-20-7-8-24-15)21-17(22)12-4-2-3-11-14(19)6-5-13(16(11)12)18(21)23/h2-6,10,15,20H,7-9H2,1H3. The van der Waals surface area contributed by atoms with Crippen molar-refractivity contribution in [1.82, 2.24) is 10.2 Å². The Hall–Kier alpha value is -1.76. The average Bonchev–Trinajstić information content (AvgIpc) is 2.61. The fraction of sp³-hybridized carbons (Fsp3) is 0.333. The maximum absolute atomic E-state index is 13.0. The second kappa shape index (κ2) is 5.95. The molecular weight excluding hydrogens is 372 g/mol. The Morgan fingerprint density at radius 3 is 2.67 bits per heavy atom. The minimum Gasteiger partial charge on any atom is -0.373 e. The van der Waals surface area contributed by atoms with Crippen LogP contribution in [0, 0.1) is 0 Å². The van der Waals surface area contributed by atoms with Crippen molar-refractivity contribution >= 4 is 38.5 Å². The molecule has 24 heavy (non-hydrogen) atoms. The zero-order valence-corrected chi connectivity index (χ0v) is 14.8. The summed E-state index contributed by atoms with van der Waals surface area (Å²) >= 11 is 3.50. The van der Waals surface area contributed by atoms with Crippen molar-refractivity contribution in [2.45, 2.75) is 19.1 Å². The van der Waals surface area contributed by atoms with E-state index in [4.69, 9.17) is 4.74 Å². The first kappa shape index (κ1) is 15.7. The molecule has 1 saturated heterocycles. The van der Waals surface area contributed by atoms with E-state index in [1.165, 1.54) is 4.90 Å².